The molecular weight excluding hydrogens is 254 g/mol. The van der Waals surface area contributed by atoms with Crippen molar-refractivity contribution < 1.29 is 18.3 Å². The number of hydrogen-bond acceptors (Lipinski definition) is 3. The van der Waals surface area contributed by atoms with Crippen LogP contribution in [-0.2, 0) is 4.74 Å². The van der Waals surface area contributed by atoms with Gasteiger partial charge in [0.05, 0.1) is 17.8 Å². The fraction of sp³-hybridized carbons (Fsp3) is 0.462. The molecular formula is C13H16F2N2O2. The number of ether oxygens (including phenoxy) is 1. The number of rotatable bonds is 3. The average molecular weight is 270 g/mol. The van der Waals surface area contributed by atoms with E-state index < -0.39 is 23.1 Å². The van der Waals surface area contributed by atoms with Crippen molar-refractivity contribution in [1.29, 1.82) is 0 Å². The Morgan fingerprint density at radius 2 is 2.26 bits per heavy atom. The lowest BCUT2D eigenvalue weighted by molar-refractivity contribution is 0.0707. The summed E-state index contributed by atoms with van der Waals surface area (Å²) in [7, 11) is 0. The Morgan fingerprint density at radius 1 is 1.53 bits per heavy atom. The van der Waals surface area contributed by atoms with E-state index in [0.29, 0.717) is 6.61 Å². The molecule has 19 heavy (non-hydrogen) atoms. The third-order valence-corrected chi connectivity index (χ3v) is 3.23. The van der Waals surface area contributed by atoms with Crippen LogP contribution in [0.25, 0.3) is 0 Å². The fourth-order valence-corrected chi connectivity index (χ4v) is 2.15. The quantitative estimate of drug-likeness (QED) is 0.824. The second-order valence-electron chi connectivity index (χ2n) is 4.64. The summed E-state index contributed by atoms with van der Waals surface area (Å²) in [4.78, 5) is 11.9. The van der Waals surface area contributed by atoms with Crippen LogP contribution in [0.3, 0.4) is 0 Å². The highest BCUT2D eigenvalue weighted by molar-refractivity contribution is 5.95. The molecule has 3 N–H and O–H groups in total. The molecule has 1 saturated heterocycles. The van der Waals surface area contributed by atoms with E-state index >= 15 is 0 Å². The number of benzene rings is 1. The van der Waals surface area contributed by atoms with Gasteiger partial charge in [0.15, 0.2) is 5.82 Å². The molecule has 1 amide bonds. The van der Waals surface area contributed by atoms with Crippen molar-refractivity contribution in [3.63, 3.8) is 0 Å². The maximum absolute atomic E-state index is 13.7. The average Bonchev–Trinajstić information content (AvgIpc) is 2.88. The number of nitrogens with one attached hydrogen (secondary N) is 1. The maximum atomic E-state index is 13.7. The van der Waals surface area contributed by atoms with Gasteiger partial charge in [0.1, 0.15) is 11.4 Å². The minimum Gasteiger partial charge on any atom is -0.396 e. The highest BCUT2D eigenvalue weighted by atomic mass is 19.1. The van der Waals surface area contributed by atoms with Gasteiger partial charge < -0.3 is 15.8 Å². The van der Waals surface area contributed by atoms with Gasteiger partial charge in [-0.05, 0) is 31.9 Å². The van der Waals surface area contributed by atoms with E-state index in [0.717, 1.165) is 25.0 Å². The Bertz CT molecular complexity index is 488. The number of halogens is 2. The van der Waals surface area contributed by atoms with Crippen molar-refractivity contribution in [3.05, 3.63) is 29.3 Å². The van der Waals surface area contributed by atoms with E-state index in [1.165, 1.54) is 0 Å². The molecule has 0 aromatic heterocycles. The summed E-state index contributed by atoms with van der Waals surface area (Å²) >= 11 is 0. The molecule has 0 bridgehead atoms. The van der Waals surface area contributed by atoms with Crippen LogP contribution in [0.2, 0.25) is 0 Å². The number of anilines is 1. The van der Waals surface area contributed by atoms with Gasteiger partial charge in [-0.25, -0.2) is 8.78 Å². The molecule has 4 nitrogen and oxygen atoms in total. The van der Waals surface area contributed by atoms with Gasteiger partial charge in [-0.1, -0.05) is 0 Å². The first-order valence-corrected chi connectivity index (χ1v) is 6.16. The Labute approximate surface area is 109 Å². The van der Waals surface area contributed by atoms with Gasteiger partial charge in [-0.3, -0.25) is 4.79 Å². The van der Waals surface area contributed by atoms with Crippen molar-refractivity contribution in [3.8, 4) is 0 Å². The van der Waals surface area contributed by atoms with E-state index in [2.05, 4.69) is 5.32 Å². The summed E-state index contributed by atoms with van der Waals surface area (Å²) in [5, 5.41) is 2.55. The predicted octanol–water partition coefficient (Wildman–Crippen LogP) is 1.84. The molecule has 1 aromatic carbocycles. The monoisotopic (exact) mass is 270 g/mol. The van der Waals surface area contributed by atoms with E-state index in [1.807, 2.05) is 0 Å². The highest BCUT2D eigenvalue weighted by Gasteiger charge is 2.26. The molecule has 0 spiro atoms. The zero-order valence-electron chi connectivity index (χ0n) is 10.6. The van der Waals surface area contributed by atoms with E-state index in [4.69, 9.17) is 10.5 Å². The third-order valence-electron chi connectivity index (χ3n) is 3.23. The van der Waals surface area contributed by atoms with Crippen LogP contribution >= 0.6 is 0 Å². The number of hydrogen-bond donors (Lipinski definition) is 2. The van der Waals surface area contributed by atoms with Crippen molar-refractivity contribution >= 4 is 11.6 Å². The van der Waals surface area contributed by atoms with Crippen LogP contribution in [0.4, 0.5) is 14.5 Å². The van der Waals surface area contributed by atoms with Crippen LogP contribution in [-0.4, -0.2) is 24.7 Å². The summed E-state index contributed by atoms with van der Waals surface area (Å²) in [5.74, 6) is -2.77. The van der Waals surface area contributed by atoms with Gasteiger partial charge in [-0.2, -0.15) is 0 Å². The van der Waals surface area contributed by atoms with E-state index in [9.17, 15) is 13.6 Å². The molecule has 104 valence electrons. The lowest BCUT2D eigenvalue weighted by atomic mass is 10.1. The van der Waals surface area contributed by atoms with Crippen molar-refractivity contribution in [2.24, 2.45) is 0 Å². The van der Waals surface area contributed by atoms with Gasteiger partial charge in [0.2, 0.25) is 0 Å². The number of nitrogens with two attached hydrogens (primary N) is 1. The number of nitrogen functional groups attached to an aromatic ring is 1. The van der Waals surface area contributed by atoms with Crippen LogP contribution in [0, 0.1) is 11.6 Å². The Kier molecular flexibility index (Phi) is 3.99. The summed E-state index contributed by atoms with van der Waals surface area (Å²) < 4.78 is 32.6. The molecule has 2 rings (SSSR count). The SMILES string of the molecule is CC(NC(=O)c1c(F)ccc(N)c1F)C1CCCO1. The second kappa shape index (κ2) is 5.52. The van der Waals surface area contributed by atoms with Crippen LogP contribution in [0.5, 0.6) is 0 Å². The zero-order valence-corrected chi connectivity index (χ0v) is 10.6. The molecule has 1 aliphatic heterocycles. The minimum absolute atomic E-state index is 0.115. The molecule has 1 fully saturated rings. The molecule has 0 radical (unpaired) electrons. The number of carbonyl (C=O) groups is 1. The maximum Gasteiger partial charge on any atom is 0.257 e. The summed E-state index contributed by atoms with van der Waals surface area (Å²) in [6.45, 7) is 2.39. The fourth-order valence-electron chi connectivity index (χ4n) is 2.15. The van der Waals surface area contributed by atoms with Gasteiger partial charge in [0.25, 0.3) is 5.91 Å². The Morgan fingerprint density at radius 3 is 2.89 bits per heavy atom. The Balaban J connectivity index is 2.13. The molecule has 6 heteroatoms. The predicted molar refractivity (Wildman–Crippen MR) is 66.7 cm³/mol. The first-order valence-electron chi connectivity index (χ1n) is 6.16. The van der Waals surface area contributed by atoms with Gasteiger partial charge in [0, 0.05) is 6.61 Å². The lowest BCUT2D eigenvalue weighted by Gasteiger charge is -2.20. The first kappa shape index (κ1) is 13.7. The van der Waals surface area contributed by atoms with Crippen molar-refractivity contribution in [2.45, 2.75) is 31.9 Å². The van der Waals surface area contributed by atoms with Crippen molar-refractivity contribution in [1.82, 2.24) is 5.32 Å². The summed E-state index contributed by atoms with van der Waals surface area (Å²) in [6.07, 6.45) is 1.63. The molecule has 0 aliphatic carbocycles. The van der Waals surface area contributed by atoms with Gasteiger partial charge >= 0.3 is 0 Å². The smallest absolute Gasteiger partial charge is 0.257 e. The third kappa shape index (κ3) is 2.84. The standard InChI is InChI=1S/C13H16F2N2O2/c1-7(10-3-2-6-19-10)17-13(18)11-8(14)4-5-9(16)12(11)15/h4-5,7,10H,2-3,6,16H2,1H3,(H,17,18). The summed E-state index contributed by atoms with van der Waals surface area (Å²) in [5.41, 5.74) is 4.43. The first-order chi connectivity index (χ1) is 9.00. The molecule has 2 unspecified atom stereocenters. The Hall–Kier alpha value is -1.69. The number of carbonyl (C=O) groups excluding carboxylic acids is 1. The minimum atomic E-state index is -1.03. The molecule has 2 atom stereocenters. The van der Waals surface area contributed by atoms with Crippen LogP contribution in [0.15, 0.2) is 12.1 Å². The molecule has 1 aliphatic rings. The largest absolute Gasteiger partial charge is 0.396 e. The lowest BCUT2D eigenvalue weighted by Crippen LogP contribution is -2.41. The van der Waals surface area contributed by atoms with Gasteiger partial charge in [-0.15, -0.1) is 0 Å². The topological polar surface area (TPSA) is 64.4 Å². The van der Waals surface area contributed by atoms with E-state index in [1.54, 1.807) is 6.92 Å². The second-order valence-corrected chi connectivity index (χ2v) is 4.64. The van der Waals surface area contributed by atoms with Crippen LogP contribution in [0.1, 0.15) is 30.1 Å². The molecule has 1 heterocycles. The summed E-state index contributed by atoms with van der Waals surface area (Å²) in [6, 6.07) is 1.75. The molecule has 0 saturated carbocycles. The zero-order chi connectivity index (χ0) is 14.0. The number of amides is 1. The van der Waals surface area contributed by atoms with Crippen molar-refractivity contribution in [2.75, 3.05) is 12.3 Å². The van der Waals surface area contributed by atoms with E-state index in [-0.39, 0.29) is 17.8 Å². The molecule has 1 aromatic rings. The highest BCUT2D eigenvalue weighted by Crippen LogP contribution is 2.20. The normalized spacial score (nSPS) is 20.3. The van der Waals surface area contributed by atoms with Crippen LogP contribution < -0.4 is 11.1 Å².